The second kappa shape index (κ2) is 5.74. The van der Waals surface area contributed by atoms with Gasteiger partial charge in [-0.2, -0.15) is 0 Å². The molecule has 1 N–H and O–H groups in total. The van der Waals surface area contributed by atoms with Gasteiger partial charge in [-0.1, -0.05) is 6.07 Å². The number of aromatic nitrogens is 1. The number of non-ortho nitro benzene ring substituents is 1. The van der Waals surface area contributed by atoms with Crippen LogP contribution in [0.15, 0.2) is 42.6 Å². The molecule has 0 spiro atoms. The van der Waals surface area contributed by atoms with Gasteiger partial charge in [0.2, 0.25) is 0 Å². The van der Waals surface area contributed by atoms with E-state index in [4.69, 9.17) is 0 Å². The molecule has 0 aliphatic carbocycles. The Morgan fingerprint density at radius 1 is 1.32 bits per heavy atom. The highest BCUT2D eigenvalue weighted by atomic mass is 127. The normalized spacial score (nSPS) is 9.95. The van der Waals surface area contributed by atoms with Crippen LogP contribution >= 0.6 is 22.6 Å². The third-order valence-corrected chi connectivity index (χ3v) is 3.25. The maximum absolute atomic E-state index is 12.0. The predicted octanol–water partition coefficient (Wildman–Crippen LogP) is 2.85. The number of nitro groups is 1. The molecule has 0 bridgehead atoms. The van der Waals surface area contributed by atoms with Crippen LogP contribution in [0.3, 0.4) is 0 Å². The van der Waals surface area contributed by atoms with Gasteiger partial charge in [-0.3, -0.25) is 14.9 Å². The van der Waals surface area contributed by atoms with Gasteiger partial charge in [-0.15, -0.1) is 0 Å². The van der Waals surface area contributed by atoms with Crippen molar-refractivity contribution in [3.05, 3.63) is 61.8 Å². The zero-order chi connectivity index (χ0) is 13.8. The molecule has 0 aliphatic rings. The summed E-state index contributed by atoms with van der Waals surface area (Å²) in [6.07, 6.45) is 1.55. The van der Waals surface area contributed by atoms with Crippen LogP contribution in [0.25, 0.3) is 0 Å². The monoisotopic (exact) mass is 369 g/mol. The molecule has 7 heteroatoms. The Balaban J connectivity index is 2.28. The second-order valence-electron chi connectivity index (χ2n) is 3.59. The van der Waals surface area contributed by atoms with Crippen LogP contribution in [0.1, 0.15) is 10.4 Å². The van der Waals surface area contributed by atoms with Gasteiger partial charge >= 0.3 is 0 Å². The van der Waals surface area contributed by atoms with E-state index in [2.05, 4.69) is 10.3 Å². The number of nitro benzene ring substituents is 1. The number of amides is 1. The van der Waals surface area contributed by atoms with Gasteiger partial charge in [-0.25, -0.2) is 4.98 Å². The number of halogens is 1. The number of carbonyl (C=O) groups excluding carboxylic acids is 1. The van der Waals surface area contributed by atoms with Crippen LogP contribution in [-0.2, 0) is 0 Å². The number of nitrogens with one attached hydrogen (secondary N) is 1. The quantitative estimate of drug-likeness (QED) is 0.512. The number of nitrogens with zero attached hydrogens (tertiary/aromatic N) is 2. The molecule has 0 saturated heterocycles. The summed E-state index contributed by atoms with van der Waals surface area (Å²) in [5.74, 6) is -0.0263. The summed E-state index contributed by atoms with van der Waals surface area (Å²) >= 11 is 1.95. The highest BCUT2D eigenvalue weighted by molar-refractivity contribution is 14.1. The van der Waals surface area contributed by atoms with Crippen molar-refractivity contribution >= 4 is 40.0 Å². The van der Waals surface area contributed by atoms with Crippen LogP contribution in [0.4, 0.5) is 11.5 Å². The topological polar surface area (TPSA) is 85.1 Å². The Hall–Kier alpha value is -2.03. The molecule has 1 amide bonds. The lowest BCUT2D eigenvalue weighted by molar-refractivity contribution is -0.384. The summed E-state index contributed by atoms with van der Waals surface area (Å²) in [7, 11) is 0. The molecule has 0 saturated carbocycles. The Morgan fingerprint density at radius 2 is 2.11 bits per heavy atom. The van der Waals surface area contributed by atoms with Crippen LogP contribution in [0, 0.1) is 13.7 Å². The maximum Gasteiger partial charge on any atom is 0.270 e. The van der Waals surface area contributed by atoms with Gasteiger partial charge in [0.05, 0.1) is 10.5 Å². The average molecular weight is 369 g/mol. The summed E-state index contributed by atoms with van der Waals surface area (Å²) in [5.41, 5.74) is 0.132. The molecule has 6 nitrogen and oxygen atoms in total. The fraction of sp³-hybridized carbons (Fsp3) is 0. The maximum atomic E-state index is 12.0. The molecule has 0 radical (unpaired) electrons. The van der Waals surface area contributed by atoms with E-state index in [0.29, 0.717) is 9.39 Å². The smallest absolute Gasteiger partial charge is 0.270 e. The van der Waals surface area contributed by atoms with Gasteiger partial charge < -0.3 is 5.32 Å². The molecule has 19 heavy (non-hydrogen) atoms. The Morgan fingerprint density at radius 3 is 2.74 bits per heavy atom. The number of rotatable bonds is 3. The van der Waals surface area contributed by atoms with Crippen molar-refractivity contribution < 1.29 is 9.72 Å². The van der Waals surface area contributed by atoms with E-state index >= 15 is 0 Å². The lowest BCUT2D eigenvalue weighted by atomic mass is 10.2. The van der Waals surface area contributed by atoms with Crippen LogP contribution in [0.2, 0.25) is 0 Å². The Bertz CT molecular complexity index is 631. The van der Waals surface area contributed by atoms with Crippen molar-refractivity contribution in [2.24, 2.45) is 0 Å². The largest absolute Gasteiger partial charge is 0.307 e. The van der Waals surface area contributed by atoms with Crippen molar-refractivity contribution in [2.45, 2.75) is 0 Å². The molecule has 2 rings (SSSR count). The molecule has 0 fully saturated rings. The molecule has 1 aromatic heterocycles. The standard InChI is InChI=1S/C12H8IN3O3/c13-10-5-4-8(16(18)19)7-9(10)12(17)15-11-3-1-2-6-14-11/h1-7H,(H,14,15,17). The van der Waals surface area contributed by atoms with Crippen molar-refractivity contribution in [1.82, 2.24) is 4.98 Å². The van der Waals surface area contributed by atoms with Crippen LogP contribution < -0.4 is 5.32 Å². The highest BCUT2D eigenvalue weighted by Crippen LogP contribution is 2.20. The average Bonchev–Trinajstić information content (AvgIpc) is 2.40. The number of carbonyl (C=O) groups is 1. The van der Waals surface area contributed by atoms with E-state index in [9.17, 15) is 14.9 Å². The van der Waals surface area contributed by atoms with Crippen LogP contribution in [0.5, 0.6) is 0 Å². The Labute approximate surface area is 122 Å². The number of anilines is 1. The van der Waals surface area contributed by atoms with Crippen molar-refractivity contribution in [1.29, 1.82) is 0 Å². The number of benzene rings is 1. The summed E-state index contributed by atoms with van der Waals surface area (Å²) < 4.78 is 0.636. The van der Waals surface area contributed by atoms with Crippen molar-refractivity contribution in [3.63, 3.8) is 0 Å². The zero-order valence-corrected chi connectivity index (χ0v) is 11.7. The Kier molecular flexibility index (Phi) is 4.05. The summed E-state index contributed by atoms with van der Waals surface area (Å²) in [6.45, 7) is 0. The van der Waals surface area contributed by atoms with Gasteiger partial charge in [0, 0.05) is 21.9 Å². The zero-order valence-electron chi connectivity index (χ0n) is 9.54. The predicted molar refractivity (Wildman–Crippen MR) is 78.0 cm³/mol. The minimum absolute atomic E-state index is 0.119. The third-order valence-electron chi connectivity index (χ3n) is 2.31. The highest BCUT2D eigenvalue weighted by Gasteiger charge is 2.15. The fourth-order valence-corrected chi connectivity index (χ4v) is 2.00. The van der Waals surface area contributed by atoms with Gasteiger partial charge in [-0.05, 0) is 40.8 Å². The first kappa shape index (κ1) is 13.4. The fourth-order valence-electron chi connectivity index (χ4n) is 1.42. The second-order valence-corrected chi connectivity index (χ2v) is 4.75. The minimum Gasteiger partial charge on any atom is -0.307 e. The van der Waals surface area contributed by atoms with Crippen LogP contribution in [-0.4, -0.2) is 15.8 Å². The molecule has 2 aromatic rings. The molecular formula is C12H8IN3O3. The molecular weight excluding hydrogens is 361 g/mol. The summed E-state index contributed by atoms with van der Waals surface area (Å²) in [5, 5.41) is 13.3. The first-order valence-electron chi connectivity index (χ1n) is 5.24. The third kappa shape index (κ3) is 3.25. The molecule has 0 atom stereocenters. The molecule has 1 aromatic carbocycles. The lowest BCUT2D eigenvalue weighted by Gasteiger charge is -2.05. The molecule has 0 unspecified atom stereocenters. The van der Waals surface area contributed by atoms with E-state index in [0.717, 1.165) is 0 Å². The summed E-state index contributed by atoms with van der Waals surface area (Å²) in [4.78, 5) is 26.2. The van der Waals surface area contributed by atoms with E-state index in [1.807, 2.05) is 22.6 Å². The van der Waals surface area contributed by atoms with E-state index in [1.165, 1.54) is 18.2 Å². The first-order valence-corrected chi connectivity index (χ1v) is 6.32. The number of pyridine rings is 1. The van der Waals surface area contributed by atoms with E-state index < -0.39 is 10.8 Å². The molecule has 96 valence electrons. The number of hydrogen-bond acceptors (Lipinski definition) is 4. The van der Waals surface area contributed by atoms with Gasteiger partial charge in [0.25, 0.3) is 11.6 Å². The number of hydrogen-bond donors (Lipinski definition) is 1. The molecule has 1 heterocycles. The van der Waals surface area contributed by atoms with E-state index in [1.54, 1.807) is 24.4 Å². The summed E-state index contributed by atoms with van der Waals surface area (Å²) in [6, 6.07) is 9.25. The lowest BCUT2D eigenvalue weighted by Crippen LogP contribution is -2.14. The molecule has 0 aliphatic heterocycles. The van der Waals surface area contributed by atoms with Gasteiger partial charge in [0.15, 0.2) is 0 Å². The minimum atomic E-state index is -0.534. The van der Waals surface area contributed by atoms with E-state index in [-0.39, 0.29) is 11.3 Å². The van der Waals surface area contributed by atoms with Crippen molar-refractivity contribution in [2.75, 3.05) is 5.32 Å². The van der Waals surface area contributed by atoms with Gasteiger partial charge in [0.1, 0.15) is 5.82 Å². The van der Waals surface area contributed by atoms with Crippen molar-refractivity contribution in [3.8, 4) is 0 Å². The first-order chi connectivity index (χ1) is 9.08. The SMILES string of the molecule is O=C(Nc1ccccn1)c1cc([N+](=O)[O-])ccc1I.